The van der Waals surface area contributed by atoms with Crippen molar-refractivity contribution in [3.8, 4) is 5.75 Å². The quantitative estimate of drug-likeness (QED) is 0.909. The summed E-state index contributed by atoms with van der Waals surface area (Å²) in [4.78, 5) is 12.8. The molecule has 3 nitrogen and oxygen atoms in total. The summed E-state index contributed by atoms with van der Waals surface area (Å²) in [5.74, 6) is 0.0716. The summed E-state index contributed by atoms with van der Waals surface area (Å²) in [6.07, 6.45) is 0.0621. The second kappa shape index (κ2) is 6.48. The van der Waals surface area contributed by atoms with Crippen LogP contribution < -0.4 is 4.74 Å². The lowest BCUT2D eigenvalue weighted by atomic mass is 10.2. The highest BCUT2D eigenvalue weighted by atomic mass is 32.2. The van der Waals surface area contributed by atoms with Crippen LogP contribution >= 0.6 is 11.8 Å². The Kier molecular flexibility index (Phi) is 4.69. The third-order valence-electron chi connectivity index (χ3n) is 2.88. The minimum Gasteiger partial charge on any atom is -0.496 e. The Bertz CT molecular complexity index is 606. The fourth-order valence-corrected chi connectivity index (χ4v) is 2.82. The van der Waals surface area contributed by atoms with Crippen molar-refractivity contribution in [2.75, 3.05) is 7.11 Å². The molecule has 0 bridgehead atoms. The molecule has 2 aromatic rings. The maximum absolute atomic E-state index is 10.6. The van der Waals surface area contributed by atoms with Crippen LogP contribution in [0.25, 0.3) is 0 Å². The molecule has 104 valence electrons. The molecule has 2 rings (SSSR count). The number of methoxy groups -OCH3 is 1. The van der Waals surface area contributed by atoms with Gasteiger partial charge >= 0.3 is 5.97 Å². The minimum atomic E-state index is -0.809. The van der Waals surface area contributed by atoms with Crippen molar-refractivity contribution in [1.29, 1.82) is 0 Å². The van der Waals surface area contributed by atoms with E-state index in [0.717, 1.165) is 26.7 Å². The highest BCUT2D eigenvalue weighted by Gasteiger charge is 2.04. The number of aryl methyl sites for hydroxylation is 1. The highest BCUT2D eigenvalue weighted by Crippen LogP contribution is 2.31. The minimum absolute atomic E-state index is 0.0621. The molecule has 0 spiro atoms. The molecule has 0 unspecified atom stereocenters. The van der Waals surface area contributed by atoms with E-state index < -0.39 is 5.97 Å². The lowest BCUT2D eigenvalue weighted by Gasteiger charge is -2.07. The zero-order valence-corrected chi connectivity index (χ0v) is 12.2. The van der Waals surface area contributed by atoms with Gasteiger partial charge in [0.15, 0.2) is 0 Å². The molecule has 0 saturated carbocycles. The van der Waals surface area contributed by atoms with E-state index >= 15 is 0 Å². The van der Waals surface area contributed by atoms with E-state index in [1.54, 1.807) is 18.9 Å². The van der Waals surface area contributed by atoms with Gasteiger partial charge in [-0.3, -0.25) is 4.79 Å². The van der Waals surface area contributed by atoms with Gasteiger partial charge in [-0.15, -0.1) is 0 Å². The van der Waals surface area contributed by atoms with Gasteiger partial charge in [0.05, 0.1) is 13.5 Å². The first kappa shape index (κ1) is 14.5. The molecule has 1 N–H and O–H groups in total. The third-order valence-corrected chi connectivity index (χ3v) is 3.88. The Labute approximate surface area is 122 Å². The molecule has 0 aliphatic rings. The largest absolute Gasteiger partial charge is 0.496 e. The first-order valence-electron chi connectivity index (χ1n) is 6.21. The SMILES string of the molecule is COc1ccc(Sc2ccc(CC(=O)O)cc2)cc1C. The van der Waals surface area contributed by atoms with E-state index in [-0.39, 0.29) is 6.42 Å². The van der Waals surface area contributed by atoms with Crippen LogP contribution in [0.4, 0.5) is 0 Å². The van der Waals surface area contributed by atoms with Crippen LogP contribution in [0.1, 0.15) is 11.1 Å². The van der Waals surface area contributed by atoms with E-state index in [0.29, 0.717) is 0 Å². The number of benzene rings is 2. The monoisotopic (exact) mass is 288 g/mol. The van der Waals surface area contributed by atoms with E-state index in [4.69, 9.17) is 9.84 Å². The maximum Gasteiger partial charge on any atom is 0.307 e. The lowest BCUT2D eigenvalue weighted by Crippen LogP contribution is -1.99. The molecule has 0 atom stereocenters. The summed E-state index contributed by atoms with van der Waals surface area (Å²) in [6.45, 7) is 2.01. The van der Waals surface area contributed by atoms with Crippen molar-refractivity contribution in [3.63, 3.8) is 0 Å². The summed E-state index contributed by atoms with van der Waals surface area (Å²) >= 11 is 1.65. The number of hydrogen-bond acceptors (Lipinski definition) is 3. The maximum atomic E-state index is 10.6. The van der Waals surface area contributed by atoms with E-state index in [1.165, 1.54) is 0 Å². The van der Waals surface area contributed by atoms with Crippen molar-refractivity contribution in [1.82, 2.24) is 0 Å². The van der Waals surface area contributed by atoms with Crippen LogP contribution in [-0.4, -0.2) is 18.2 Å². The summed E-state index contributed by atoms with van der Waals surface area (Å²) in [5, 5.41) is 8.73. The first-order valence-corrected chi connectivity index (χ1v) is 7.03. The fourth-order valence-electron chi connectivity index (χ4n) is 1.90. The number of carboxylic acids is 1. The molecule has 4 heteroatoms. The van der Waals surface area contributed by atoms with Gasteiger partial charge in [0.1, 0.15) is 5.75 Å². The molecule has 2 aromatic carbocycles. The second-order valence-electron chi connectivity index (χ2n) is 4.45. The summed E-state index contributed by atoms with van der Waals surface area (Å²) in [7, 11) is 1.66. The molecule has 0 amide bonds. The van der Waals surface area contributed by atoms with Crippen molar-refractivity contribution < 1.29 is 14.6 Å². The molecule has 0 fully saturated rings. The predicted octanol–water partition coefficient (Wildman–Crippen LogP) is 3.78. The molecule has 0 aromatic heterocycles. The molecular formula is C16H16O3S. The van der Waals surface area contributed by atoms with Gasteiger partial charge in [0.2, 0.25) is 0 Å². The number of hydrogen-bond donors (Lipinski definition) is 1. The number of aliphatic carboxylic acids is 1. The van der Waals surface area contributed by atoms with Gasteiger partial charge in [0, 0.05) is 9.79 Å². The number of carboxylic acid groups (broad SMARTS) is 1. The average molecular weight is 288 g/mol. The van der Waals surface area contributed by atoms with Crippen molar-refractivity contribution in [2.24, 2.45) is 0 Å². The number of ether oxygens (including phenoxy) is 1. The standard InChI is InChI=1S/C16H16O3S/c1-11-9-14(7-8-15(11)19-2)20-13-5-3-12(4-6-13)10-16(17)18/h3-9H,10H2,1-2H3,(H,17,18). The average Bonchev–Trinajstić information content (AvgIpc) is 2.41. The number of rotatable bonds is 5. The Morgan fingerprint density at radius 1 is 1.15 bits per heavy atom. The van der Waals surface area contributed by atoms with Gasteiger partial charge in [0.25, 0.3) is 0 Å². The molecule has 0 saturated heterocycles. The highest BCUT2D eigenvalue weighted by molar-refractivity contribution is 7.99. The summed E-state index contributed by atoms with van der Waals surface area (Å²) in [6, 6.07) is 13.7. The zero-order valence-electron chi connectivity index (χ0n) is 11.4. The Morgan fingerprint density at radius 3 is 2.35 bits per heavy atom. The van der Waals surface area contributed by atoms with Crippen LogP contribution in [0.5, 0.6) is 5.75 Å². The summed E-state index contributed by atoms with van der Waals surface area (Å²) < 4.78 is 5.24. The van der Waals surface area contributed by atoms with E-state index in [2.05, 4.69) is 6.07 Å². The van der Waals surface area contributed by atoms with Gasteiger partial charge in [-0.1, -0.05) is 23.9 Å². The normalized spacial score (nSPS) is 10.3. The Morgan fingerprint density at radius 2 is 1.80 bits per heavy atom. The van der Waals surface area contributed by atoms with Crippen LogP contribution in [0.3, 0.4) is 0 Å². The smallest absolute Gasteiger partial charge is 0.307 e. The van der Waals surface area contributed by atoms with Crippen molar-refractivity contribution >= 4 is 17.7 Å². The van der Waals surface area contributed by atoms with Crippen molar-refractivity contribution in [2.45, 2.75) is 23.1 Å². The van der Waals surface area contributed by atoms with E-state index in [9.17, 15) is 4.79 Å². The van der Waals surface area contributed by atoms with Gasteiger partial charge < -0.3 is 9.84 Å². The van der Waals surface area contributed by atoms with Crippen LogP contribution in [0.2, 0.25) is 0 Å². The number of carbonyl (C=O) groups is 1. The summed E-state index contributed by atoms with van der Waals surface area (Å²) in [5.41, 5.74) is 1.91. The molecule has 0 radical (unpaired) electrons. The molecule has 0 heterocycles. The molecular weight excluding hydrogens is 272 g/mol. The Balaban J connectivity index is 2.10. The first-order chi connectivity index (χ1) is 9.58. The zero-order chi connectivity index (χ0) is 14.5. The van der Waals surface area contributed by atoms with Crippen LogP contribution in [-0.2, 0) is 11.2 Å². The molecule has 0 aliphatic carbocycles. The van der Waals surface area contributed by atoms with Crippen LogP contribution in [0, 0.1) is 6.92 Å². The van der Waals surface area contributed by atoms with Crippen LogP contribution in [0.15, 0.2) is 52.3 Å². The second-order valence-corrected chi connectivity index (χ2v) is 5.59. The van der Waals surface area contributed by atoms with Gasteiger partial charge in [-0.25, -0.2) is 0 Å². The molecule has 0 aliphatic heterocycles. The van der Waals surface area contributed by atoms with Crippen molar-refractivity contribution in [3.05, 3.63) is 53.6 Å². The topological polar surface area (TPSA) is 46.5 Å². The molecule has 20 heavy (non-hydrogen) atoms. The van der Waals surface area contributed by atoms with Gasteiger partial charge in [-0.05, 0) is 48.4 Å². The lowest BCUT2D eigenvalue weighted by molar-refractivity contribution is -0.136. The van der Waals surface area contributed by atoms with Gasteiger partial charge in [-0.2, -0.15) is 0 Å². The Hall–Kier alpha value is -1.94. The third kappa shape index (κ3) is 3.78. The van der Waals surface area contributed by atoms with E-state index in [1.807, 2.05) is 43.3 Å². The fraction of sp³-hybridized carbons (Fsp3) is 0.188. The predicted molar refractivity (Wildman–Crippen MR) is 79.6 cm³/mol.